The molecular weight excluding hydrogens is 555 g/mol. The SMILES string of the molecule is CC(C)(C)c1ccc(OCC(=O)N(Cc2c(Cl)cccc2Cl)[C@@H](Cc2ccccc2)C(=O)NC2CCCCC2)cc1. The average Bonchev–Trinajstić information content (AvgIpc) is 2.96. The zero-order valence-electron chi connectivity index (χ0n) is 24.2. The Morgan fingerprint density at radius 2 is 1.54 bits per heavy atom. The number of hydrogen-bond donors (Lipinski definition) is 1. The minimum Gasteiger partial charge on any atom is -0.484 e. The van der Waals surface area contributed by atoms with Crippen molar-refractivity contribution in [2.24, 2.45) is 0 Å². The van der Waals surface area contributed by atoms with Crippen LogP contribution in [0.4, 0.5) is 0 Å². The van der Waals surface area contributed by atoms with E-state index in [0.29, 0.717) is 27.8 Å². The molecular formula is C34H40Cl2N2O3. The first kappa shape index (κ1) is 30.9. The summed E-state index contributed by atoms with van der Waals surface area (Å²) in [5.74, 6) is 0.0979. The molecule has 0 heterocycles. The number of nitrogens with zero attached hydrogens (tertiary/aromatic N) is 1. The van der Waals surface area contributed by atoms with Crippen LogP contribution in [0.15, 0.2) is 72.8 Å². The Hall–Kier alpha value is -3.02. The Kier molecular flexibility index (Phi) is 10.7. The number of halogens is 2. The van der Waals surface area contributed by atoms with Crippen molar-refractivity contribution in [3.8, 4) is 5.75 Å². The number of rotatable bonds is 10. The molecule has 5 nitrogen and oxygen atoms in total. The number of carbonyl (C=O) groups is 2. The lowest BCUT2D eigenvalue weighted by molar-refractivity contribution is -0.143. The van der Waals surface area contributed by atoms with Gasteiger partial charge in [-0.05, 0) is 53.6 Å². The van der Waals surface area contributed by atoms with Crippen LogP contribution in [0.2, 0.25) is 10.0 Å². The van der Waals surface area contributed by atoms with E-state index in [9.17, 15) is 9.59 Å². The smallest absolute Gasteiger partial charge is 0.261 e. The maximum absolute atomic E-state index is 13.9. The van der Waals surface area contributed by atoms with Gasteiger partial charge in [0.2, 0.25) is 5.91 Å². The fraction of sp³-hybridized carbons (Fsp3) is 0.412. The third-order valence-electron chi connectivity index (χ3n) is 7.70. The fourth-order valence-electron chi connectivity index (χ4n) is 5.23. The molecule has 1 fully saturated rings. The average molecular weight is 596 g/mol. The minimum absolute atomic E-state index is 0.00965. The fourth-order valence-corrected chi connectivity index (χ4v) is 5.75. The molecule has 4 rings (SSSR count). The van der Waals surface area contributed by atoms with Gasteiger partial charge in [-0.15, -0.1) is 0 Å². The molecule has 0 aliphatic heterocycles. The monoisotopic (exact) mass is 594 g/mol. The largest absolute Gasteiger partial charge is 0.484 e. The van der Waals surface area contributed by atoms with E-state index in [2.05, 4.69) is 26.1 Å². The van der Waals surface area contributed by atoms with Gasteiger partial charge in [0, 0.05) is 34.6 Å². The van der Waals surface area contributed by atoms with Gasteiger partial charge in [-0.2, -0.15) is 0 Å². The summed E-state index contributed by atoms with van der Waals surface area (Å²) in [6.07, 6.45) is 5.61. The minimum atomic E-state index is -0.772. The zero-order valence-corrected chi connectivity index (χ0v) is 25.7. The van der Waals surface area contributed by atoms with Crippen LogP contribution < -0.4 is 10.1 Å². The van der Waals surface area contributed by atoms with Crippen LogP contribution in [-0.4, -0.2) is 35.4 Å². The maximum atomic E-state index is 13.9. The molecule has 0 aromatic heterocycles. The number of carbonyl (C=O) groups excluding carboxylic acids is 2. The van der Waals surface area contributed by atoms with Crippen molar-refractivity contribution in [2.45, 2.75) is 83.3 Å². The Bertz CT molecular complexity index is 1280. The lowest BCUT2D eigenvalue weighted by atomic mass is 9.87. The molecule has 0 bridgehead atoms. The Morgan fingerprint density at radius 1 is 0.902 bits per heavy atom. The first-order chi connectivity index (χ1) is 19.6. The molecule has 1 aliphatic carbocycles. The van der Waals surface area contributed by atoms with Gasteiger partial charge in [-0.3, -0.25) is 9.59 Å². The van der Waals surface area contributed by atoms with Crippen molar-refractivity contribution in [1.29, 1.82) is 0 Å². The number of ether oxygens (including phenoxy) is 1. The zero-order chi connectivity index (χ0) is 29.4. The van der Waals surface area contributed by atoms with E-state index in [-0.39, 0.29) is 36.4 Å². The summed E-state index contributed by atoms with van der Waals surface area (Å²) in [6, 6.07) is 22.1. The molecule has 3 aromatic rings. The van der Waals surface area contributed by atoms with Crippen LogP contribution in [0, 0.1) is 0 Å². The molecule has 0 saturated heterocycles. The van der Waals surface area contributed by atoms with Crippen LogP contribution in [0.5, 0.6) is 5.75 Å². The normalized spacial score (nSPS) is 14.8. The third kappa shape index (κ3) is 8.73. The van der Waals surface area contributed by atoms with Crippen molar-refractivity contribution in [1.82, 2.24) is 10.2 Å². The molecule has 2 amide bonds. The molecule has 3 aromatic carbocycles. The highest BCUT2D eigenvalue weighted by atomic mass is 35.5. The Balaban J connectivity index is 1.62. The van der Waals surface area contributed by atoms with Gasteiger partial charge in [0.1, 0.15) is 11.8 Å². The first-order valence-electron chi connectivity index (χ1n) is 14.4. The Morgan fingerprint density at radius 3 is 2.15 bits per heavy atom. The summed E-state index contributed by atoms with van der Waals surface area (Å²) in [5.41, 5.74) is 2.74. The second-order valence-electron chi connectivity index (χ2n) is 11.8. The summed E-state index contributed by atoms with van der Waals surface area (Å²) in [4.78, 5) is 29.4. The lowest BCUT2D eigenvalue weighted by Crippen LogP contribution is -2.53. The topological polar surface area (TPSA) is 58.6 Å². The second-order valence-corrected chi connectivity index (χ2v) is 12.6. The summed E-state index contributed by atoms with van der Waals surface area (Å²) >= 11 is 13.1. The lowest BCUT2D eigenvalue weighted by Gasteiger charge is -2.33. The van der Waals surface area contributed by atoms with E-state index in [4.69, 9.17) is 27.9 Å². The van der Waals surface area contributed by atoms with Gasteiger partial charge in [0.25, 0.3) is 5.91 Å². The van der Waals surface area contributed by atoms with Gasteiger partial charge in [0.05, 0.1) is 0 Å². The van der Waals surface area contributed by atoms with Gasteiger partial charge in [-0.1, -0.05) is 112 Å². The van der Waals surface area contributed by atoms with Crippen molar-refractivity contribution in [3.63, 3.8) is 0 Å². The van der Waals surface area contributed by atoms with Crippen molar-refractivity contribution < 1.29 is 14.3 Å². The van der Waals surface area contributed by atoms with E-state index >= 15 is 0 Å². The molecule has 1 N–H and O–H groups in total. The van der Waals surface area contributed by atoms with Crippen molar-refractivity contribution in [3.05, 3.63) is 99.5 Å². The Labute approximate surface area is 254 Å². The van der Waals surface area contributed by atoms with E-state index in [1.807, 2.05) is 54.6 Å². The third-order valence-corrected chi connectivity index (χ3v) is 8.40. The molecule has 7 heteroatoms. The number of amides is 2. The van der Waals surface area contributed by atoms with E-state index < -0.39 is 6.04 Å². The number of hydrogen-bond acceptors (Lipinski definition) is 3. The van der Waals surface area contributed by atoms with E-state index in [1.54, 1.807) is 23.1 Å². The summed E-state index contributed by atoms with van der Waals surface area (Å²) < 4.78 is 5.96. The molecule has 1 atom stereocenters. The van der Waals surface area contributed by atoms with Crippen molar-refractivity contribution in [2.75, 3.05) is 6.61 Å². The molecule has 218 valence electrons. The van der Waals surface area contributed by atoms with Gasteiger partial charge < -0.3 is 15.0 Å². The molecule has 0 unspecified atom stereocenters. The molecule has 1 aliphatic rings. The van der Waals surface area contributed by atoms with Gasteiger partial charge in [0.15, 0.2) is 6.61 Å². The van der Waals surface area contributed by atoms with E-state index in [0.717, 1.165) is 31.2 Å². The molecule has 1 saturated carbocycles. The molecule has 0 spiro atoms. The summed E-state index contributed by atoms with van der Waals surface area (Å²) in [5, 5.41) is 4.13. The second kappa shape index (κ2) is 14.2. The van der Waals surface area contributed by atoms with Gasteiger partial charge in [-0.25, -0.2) is 0 Å². The van der Waals surface area contributed by atoms with Crippen molar-refractivity contribution >= 4 is 35.0 Å². The van der Waals surface area contributed by atoms with Crippen LogP contribution in [0.25, 0.3) is 0 Å². The summed E-state index contributed by atoms with van der Waals surface area (Å²) in [6.45, 7) is 6.30. The van der Waals surface area contributed by atoms with Gasteiger partial charge >= 0.3 is 0 Å². The summed E-state index contributed by atoms with van der Waals surface area (Å²) in [7, 11) is 0. The highest BCUT2D eigenvalue weighted by Gasteiger charge is 2.33. The van der Waals surface area contributed by atoms with Crippen LogP contribution in [0.3, 0.4) is 0 Å². The highest BCUT2D eigenvalue weighted by Crippen LogP contribution is 2.28. The standard InChI is InChI=1S/C34H40Cl2N2O3/c1-34(2,3)25-17-19-27(20-18-25)41-23-32(39)38(22-28-29(35)15-10-16-30(28)36)31(21-24-11-6-4-7-12-24)33(40)37-26-13-8-5-9-14-26/h4,6-7,10-12,15-20,26,31H,5,8-9,13-14,21-23H2,1-3H3,(H,37,40)/t31-/m0/s1. The first-order valence-corrected chi connectivity index (χ1v) is 15.2. The quantitative estimate of drug-likeness (QED) is 0.261. The van der Waals surface area contributed by atoms with Crippen LogP contribution >= 0.6 is 23.2 Å². The predicted octanol–water partition coefficient (Wildman–Crippen LogP) is 7.76. The van der Waals surface area contributed by atoms with Crippen LogP contribution in [0.1, 0.15) is 69.6 Å². The maximum Gasteiger partial charge on any atom is 0.261 e. The molecule has 0 radical (unpaired) electrons. The van der Waals surface area contributed by atoms with Crippen LogP contribution in [-0.2, 0) is 28.0 Å². The highest BCUT2D eigenvalue weighted by molar-refractivity contribution is 6.36. The molecule has 41 heavy (non-hydrogen) atoms. The number of benzene rings is 3. The number of nitrogens with one attached hydrogen (secondary N) is 1. The predicted molar refractivity (Wildman–Crippen MR) is 167 cm³/mol. The van der Waals surface area contributed by atoms with E-state index in [1.165, 1.54) is 12.0 Å².